The van der Waals surface area contributed by atoms with Gasteiger partial charge in [0.25, 0.3) is 0 Å². The van der Waals surface area contributed by atoms with Crippen molar-refractivity contribution in [3.05, 3.63) is 36.7 Å². The summed E-state index contributed by atoms with van der Waals surface area (Å²) >= 11 is 0. The molecule has 1 aliphatic heterocycles. The SMILES string of the molecule is CCN1C=CN(c2ccc(N)cc2)C1. The first kappa shape index (κ1) is 8.94. The van der Waals surface area contributed by atoms with Crippen LogP contribution >= 0.6 is 0 Å². The molecule has 3 heteroatoms. The molecule has 1 aliphatic rings. The van der Waals surface area contributed by atoms with Crippen molar-refractivity contribution < 1.29 is 0 Å². The second kappa shape index (κ2) is 3.62. The molecule has 0 saturated heterocycles. The van der Waals surface area contributed by atoms with E-state index in [1.807, 2.05) is 24.3 Å². The fourth-order valence-corrected chi connectivity index (χ4v) is 1.50. The predicted molar refractivity (Wildman–Crippen MR) is 59.7 cm³/mol. The molecular weight excluding hydrogens is 174 g/mol. The summed E-state index contributed by atoms with van der Waals surface area (Å²) in [7, 11) is 0. The molecule has 1 aromatic rings. The van der Waals surface area contributed by atoms with Crippen LogP contribution in [-0.2, 0) is 0 Å². The molecule has 1 heterocycles. The Morgan fingerprint density at radius 1 is 1.21 bits per heavy atom. The second-order valence-corrected chi connectivity index (χ2v) is 3.41. The number of nitrogens with two attached hydrogens (primary N) is 1. The van der Waals surface area contributed by atoms with E-state index in [2.05, 4.69) is 29.1 Å². The van der Waals surface area contributed by atoms with E-state index in [4.69, 9.17) is 5.73 Å². The van der Waals surface area contributed by atoms with Gasteiger partial charge in [-0.3, -0.25) is 0 Å². The van der Waals surface area contributed by atoms with Gasteiger partial charge in [-0.05, 0) is 31.2 Å². The molecule has 0 fully saturated rings. The lowest BCUT2D eigenvalue weighted by atomic mass is 10.3. The Balaban J connectivity index is 2.11. The normalized spacial score (nSPS) is 15.2. The smallest absolute Gasteiger partial charge is 0.0941 e. The van der Waals surface area contributed by atoms with Crippen molar-refractivity contribution in [2.24, 2.45) is 0 Å². The number of hydrogen-bond donors (Lipinski definition) is 1. The Morgan fingerprint density at radius 3 is 2.50 bits per heavy atom. The Kier molecular flexibility index (Phi) is 2.31. The van der Waals surface area contributed by atoms with Crippen LogP contribution in [0.5, 0.6) is 0 Å². The van der Waals surface area contributed by atoms with Gasteiger partial charge in [0.15, 0.2) is 0 Å². The highest BCUT2D eigenvalue weighted by molar-refractivity contribution is 5.55. The lowest BCUT2D eigenvalue weighted by molar-refractivity contribution is 0.429. The number of benzene rings is 1. The number of rotatable bonds is 2. The van der Waals surface area contributed by atoms with Gasteiger partial charge in [0.2, 0.25) is 0 Å². The van der Waals surface area contributed by atoms with E-state index in [9.17, 15) is 0 Å². The minimum atomic E-state index is 0.810. The van der Waals surface area contributed by atoms with Gasteiger partial charge >= 0.3 is 0 Å². The van der Waals surface area contributed by atoms with Crippen LogP contribution in [0.3, 0.4) is 0 Å². The number of anilines is 2. The predicted octanol–water partition coefficient (Wildman–Crippen LogP) is 1.84. The minimum Gasteiger partial charge on any atom is -0.399 e. The van der Waals surface area contributed by atoms with Crippen molar-refractivity contribution in [1.82, 2.24) is 4.90 Å². The van der Waals surface area contributed by atoms with Crippen molar-refractivity contribution in [1.29, 1.82) is 0 Å². The molecule has 0 saturated carbocycles. The molecule has 0 bridgehead atoms. The number of nitrogen functional groups attached to an aromatic ring is 1. The summed E-state index contributed by atoms with van der Waals surface area (Å²) in [5.74, 6) is 0. The van der Waals surface area contributed by atoms with E-state index in [1.165, 1.54) is 5.69 Å². The van der Waals surface area contributed by atoms with E-state index in [1.54, 1.807) is 0 Å². The molecule has 0 aromatic heterocycles. The van der Waals surface area contributed by atoms with Crippen molar-refractivity contribution in [3.8, 4) is 0 Å². The highest BCUT2D eigenvalue weighted by atomic mass is 15.3. The lowest BCUT2D eigenvalue weighted by Gasteiger charge is -2.19. The average molecular weight is 189 g/mol. The van der Waals surface area contributed by atoms with E-state index in [0.717, 1.165) is 18.9 Å². The van der Waals surface area contributed by atoms with Crippen LogP contribution in [0.4, 0.5) is 11.4 Å². The molecule has 0 amide bonds. The van der Waals surface area contributed by atoms with Crippen LogP contribution in [-0.4, -0.2) is 18.1 Å². The molecule has 0 radical (unpaired) electrons. The Labute approximate surface area is 84.4 Å². The molecule has 0 spiro atoms. The fourth-order valence-electron chi connectivity index (χ4n) is 1.50. The summed E-state index contributed by atoms with van der Waals surface area (Å²) in [6.45, 7) is 4.12. The van der Waals surface area contributed by atoms with Crippen LogP contribution in [0.15, 0.2) is 36.7 Å². The van der Waals surface area contributed by atoms with Gasteiger partial charge in [0.05, 0.1) is 6.67 Å². The van der Waals surface area contributed by atoms with Crippen molar-refractivity contribution in [2.75, 3.05) is 23.8 Å². The Morgan fingerprint density at radius 2 is 1.93 bits per heavy atom. The van der Waals surface area contributed by atoms with Crippen LogP contribution < -0.4 is 10.6 Å². The zero-order chi connectivity index (χ0) is 9.97. The van der Waals surface area contributed by atoms with Gasteiger partial charge in [-0.1, -0.05) is 0 Å². The van der Waals surface area contributed by atoms with Gasteiger partial charge in [0.1, 0.15) is 0 Å². The molecule has 2 N–H and O–H groups in total. The molecule has 0 atom stereocenters. The van der Waals surface area contributed by atoms with Crippen LogP contribution in [0.25, 0.3) is 0 Å². The largest absolute Gasteiger partial charge is 0.399 e. The second-order valence-electron chi connectivity index (χ2n) is 3.41. The highest BCUT2D eigenvalue weighted by Gasteiger charge is 2.11. The van der Waals surface area contributed by atoms with Gasteiger partial charge < -0.3 is 15.5 Å². The molecular formula is C11H15N3. The third kappa shape index (κ3) is 1.66. The first-order valence-electron chi connectivity index (χ1n) is 4.84. The topological polar surface area (TPSA) is 32.5 Å². The maximum Gasteiger partial charge on any atom is 0.0941 e. The summed E-state index contributed by atoms with van der Waals surface area (Å²) in [5, 5.41) is 0. The summed E-state index contributed by atoms with van der Waals surface area (Å²) in [6, 6.07) is 7.94. The van der Waals surface area contributed by atoms with Crippen molar-refractivity contribution >= 4 is 11.4 Å². The Hall–Kier alpha value is -1.64. The summed E-state index contributed by atoms with van der Waals surface area (Å²) in [6.07, 6.45) is 4.20. The number of nitrogens with zero attached hydrogens (tertiary/aromatic N) is 2. The van der Waals surface area contributed by atoms with Crippen LogP contribution in [0, 0.1) is 0 Å². The van der Waals surface area contributed by atoms with E-state index >= 15 is 0 Å². The van der Waals surface area contributed by atoms with E-state index in [0.29, 0.717) is 0 Å². The molecule has 74 valence electrons. The van der Waals surface area contributed by atoms with Gasteiger partial charge in [-0.2, -0.15) is 0 Å². The molecule has 1 aromatic carbocycles. The zero-order valence-electron chi connectivity index (χ0n) is 8.35. The molecule has 14 heavy (non-hydrogen) atoms. The molecule has 2 rings (SSSR count). The first-order valence-corrected chi connectivity index (χ1v) is 4.84. The van der Waals surface area contributed by atoms with Gasteiger partial charge in [0, 0.05) is 30.3 Å². The summed E-state index contributed by atoms with van der Waals surface area (Å²) in [4.78, 5) is 4.44. The van der Waals surface area contributed by atoms with Gasteiger partial charge in [-0.25, -0.2) is 0 Å². The van der Waals surface area contributed by atoms with Crippen molar-refractivity contribution in [3.63, 3.8) is 0 Å². The first-order chi connectivity index (χ1) is 6.79. The quantitative estimate of drug-likeness (QED) is 0.720. The monoisotopic (exact) mass is 189 g/mol. The van der Waals surface area contributed by atoms with Crippen LogP contribution in [0.2, 0.25) is 0 Å². The average Bonchev–Trinajstić information content (AvgIpc) is 2.67. The maximum absolute atomic E-state index is 5.63. The summed E-state index contributed by atoms with van der Waals surface area (Å²) < 4.78 is 0. The molecule has 3 nitrogen and oxygen atoms in total. The summed E-state index contributed by atoms with van der Waals surface area (Å²) in [5.41, 5.74) is 7.63. The van der Waals surface area contributed by atoms with E-state index < -0.39 is 0 Å². The number of hydrogen-bond acceptors (Lipinski definition) is 3. The standard InChI is InChI=1S/C11H15N3/c1-2-13-7-8-14(9-13)11-5-3-10(12)4-6-11/h3-8H,2,9,12H2,1H3. The third-order valence-electron chi connectivity index (χ3n) is 2.42. The Bertz CT molecular complexity index is 329. The maximum atomic E-state index is 5.63. The van der Waals surface area contributed by atoms with Gasteiger partial charge in [-0.15, -0.1) is 0 Å². The van der Waals surface area contributed by atoms with E-state index in [-0.39, 0.29) is 0 Å². The van der Waals surface area contributed by atoms with Crippen LogP contribution in [0.1, 0.15) is 6.92 Å². The highest BCUT2D eigenvalue weighted by Crippen LogP contribution is 2.20. The molecule has 0 aliphatic carbocycles. The minimum absolute atomic E-state index is 0.810. The van der Waals surface area contributed by atoms with Crippen molar-refractivity contribution in [2.45, 2.75) is 6.92 Å². The zero-order valence-corrected chi connectivity index (χ0v) is 8.35. The lowest BCUT2D eigenvalue weighted by Crippen LogP contribution is -2.24. The third-order valence-corrected chi connectivity index (χ3v) is 2.42. The molecule has 0 unspecified atom stereocenters. The fraction of sp³-hybridized carbons (Fsp3) is 0.273.